The van der Waals surface area contributed by atoms with Crippen molar-refractivity contribution in [3.63, 3.8) is 0 Å². The Kier molecular flexibility index (Phi) is 35.3. The zero-order chi connectivity index (χ0) is 10.7. The Labute approximate surface area is 94.7 Å². The Morgan fingerprint density at radius 1 is 0.769 bits per heavy atom. The standard InChI is InChI=1S/3H3O3P.Zr/c3*1-4(2)3;/h2*4H,(H2,1,2,3);1-3H;. The molecule has 0 aliphatic heterocycles. The van der Waals surface area contributed by atoms with Crippen molar-refractivity contribution < 1.29 is 69.6 Å². The zero-order valence-corrected chi connectivity index (χ0v) is 11.2. The van der Waals surface area contributed by atoms with Gasteiger partial charge in [0.2, 0.25) is 0 Å². The van der Waals surface area contributed by atoms with Gasteiger partial charge in [-0.25, -0.2) is 0 Å². The van der Waals surface area contributed by atoms with Gasteiger partial charge in [-0.3, -0.25) is 9.13 Å². The molecule has 0 aromatic rings. The van der Waals surface area contributed by atoms with Crippen molar-refractivity contribution in [2.75, 3.05) is 0 Å². The SMILES string of the molecule is O=[PH](O)O.O=[PH](O)O.OP(O)O.[Zr]. The molecule has 0 aliphatic carbocycles. The van der Waals surface area contributed by atoms with E-state index in [1.54, 1.807) is 0 Å². The van der Waals surface area contributed by atoms with Crippen LogP contribution in [-0.2, 0) is 35.3 Å². The first-order chi connectivity index (χ1) is 5.20. The summed E-state index contributed by atoms with van der Waals surface area (Å²) in [5.74, 6) is 0. The van der Waals surface area contributed by atoms with E-state index in [-0.39, 0.29) is 26.2 Å². The van der Waals surface area contributed by atoms with Gasteiger partial charge in [0, 0.05) is 26.2 Å². The van der Waals surface area contributed by atoms with E-state index in [1.165, 1.54) is 0 Å². The quantitative estimate of drug-likeness (QED) is 0.244. The van der Waals surface area contributed by atoms with Gasteiger partial charge in [0.1, 0.15) is 0 Å². The smallest absolute Gasteiger partial charge is 0.324 e. The van der Waals surface area contributed by atoms with Gasteiger partial charge in [0.15, 0.2) is 0 Å². The molecule has 0 rings (SSSR count). The molecule has 0 aromatic heterocycles. The third-order valence-electron chi connectivity index (χ3n) is 0. The van der Waals surface area contributed by atoms with Crippen LogP contribution in [0.3, 0.4) is 0 Å². The van der Waals surface area contributed by atoms with Crippen LogP contribution in [0, 0.1) is 0 Å². The Morgan fingerprint density at radius 3 is 0.769 bits per heavy atom. The predicted molar refractivity (Wildman–Crippen MR) is 40.5 cm³/mol. The van der Waals surface area contributed by atoms with Crippen molar-refractivity contribution in [3.8, 4) is 0 Å². The van der Waals surface area contributed by atoms with Crippen LogP contribution in [0.25, 0.3) is 0 Å². The van der Waals surface area contributed by atoms with Crippen LogP contribution < -0.4 is 0 Å². The minimum Gasteiger partial charge on any atom is -0.328 e. The molecule has 0 heterocycles. The van der Waals surface area contributed by atoms with Gasteiger partial charge in [-0.1, -0.05) is 0 Å². The van der Waals surface area contributed by atoms with Gasteiger partial charge >= 0.3 is 25.1 Å². The van der Waals surface area contributed by atoms with E-state index >= 15 is 0 Å². The molecule has 0 saturated carbocycles. The Balaban J connectivity index is -0.0000000450. The van der Waals surface area contributed by atoms with Crippen molar-refractivity contribution in [2.24, 2.45) is 0 Å². The number of rotatable bonds is 0. The van der Waals surface area contributed by atoms with E-state index < -0.39 is 25.1 Å². The first-order valence-corrected chi connectivity index (χ1v) is 5.71. The summed E-state index contributed by atoms with van der Waals surface area (Å²) in [5, 5.41) is 0. The molecule has 82 valence electrons. The molecule has 0 atom stereocenters. The minimum absolute atomic E-state index is 0. The zero-order valence-electron chi connectivity index (χ0n) is 5.89. The molecule has 0 radical (unpaired) electrons. The van der Waals surface area contributed by atoms with Crippen LogP contribution in [0.2, 0.25) is 0 Å². The van der Waals surface area contributed by atoms with E-state index in [1.807, 2.05) is 0 Å². The maximum absolute atomic E-state index is 8.74. The van der Waals surface area contributed by atoms with Crippen LogP contribution in [0.4, 0.5) is 0 Å². The van der Waals surface area contributed by atoms with Crippen LogP contribution in [-0.4, -0.2) is 34.3 Å². The van der Waals surface area contributed by atoms with Crippen molar-refractivity contribution in [2.45, 2.75) is 0 Å². The fourth-order valence-electron chi connectivity index (χ4n) is 0. The summed E-state index contributed by atoms with van der Waals surface area (Å²) in [6.07, 6.45) is 0. The first-order valence-electron chi connectivity index (χ1n) is 1.90. The maximum Gasteiger partial charge on any atom is 0.324 e. The maximum atomic E-state index is 8.74. The second kappa shape index (κ2) is 19.1. The topological polar surface area (TPSA) is 176 Å². The van der Waals surface area contributed by atoms with E-state index in [9.17, 15) is 0 Å². The van der Waals surface area contributed by atoms with Crippen LogP contribution in [0.1, 0.15) is 0 Å². The van der Waals surface area contributed by atoms with Crippen LogP contribution >= 0.6 is 25.1 Å². The Morgan fingerprint density at radius 2 is 0.769 bits per heavy atom. The van der Waals surface area contributed by atoms with Gasteiger partial charge in [0.25, 0.3) is 0 Å². The molecule has 13 heavy (non-hydrogen) atoms. The second-order valence-corrected chi connectivity index (χ2v) is 2.50. The van der Waals surface area contributed by atoms with E-state index in [0.29, 0.717) is 0 Å². The molecule has 9 nitrogen and oxygen atoms in total. The van der Waals surface area contributed by atoms with E-state index in [4.69, 9.17) is 43.4 Å². The molecule has 13 heteroatoms. The largest absolute Gasteiger partial charge is 0.328 e. The Hall–Kier alpha value is 1.49. The normalized spacial score (nSPS) is 8.15. The van der Waals surface area contributed by atoms with Gasteiger partial charge in [0.05, 0.1) is 0 Å². The monoisotopic (exact) mass is 336 g/mol. The third kappa shape index (κ3) is 799. The van der Waals surface area contributed by atoms with Gasteiger partial charge in [-0.05, 0) is 0 Å². The molecule has 0 unspecified atom stereocenters. The molecule has 0 amide bonds. The summed E-state index contributed by atoms with van der Waals surface area (Å²) in [7, 11) is -8.88. The molecule has 7 N–H and O–H groups in total. The minimum atomic E-state index is -3.13. The summed E-state index contributed by atoms with van der Waals surface area (Å²) in [4.78, 5) is 50.3. The van der Waals surface area contributed by atoms with Crippen LogP contribution in [0.15, 0.2) is 0 Å². The van der Waals surface area contributed by atoms with Gasteiger partial charge in [-0.15, -0.1) is 0 Å². The summed E-state index contributed by atoms with van der Waals surface area (Å²) >= 11 is 0. The van der Waals surface area contributed by atoms with Crippen molar-refractivity contribution in [1.29, 1.82) is 0 Å². The summed E-state index contributed by atoms with van der Waals surface area (Å²) in [6, 6.07) is 0. The van der Waals surface area contributed by atoms with E-state index in [0.717, 1.165) is 0 Å². The molecular formula is H9O9P3Zr. The molecule has 0 aromatic carbocycles. The predicted octanol–water partition coefficient (Wildman–Crippen LogP) is -2.09. The van der Waals surface area contributed by atoms with Gasteiger partial charge in [-0.2, -0.15) is 0 Å². The molecule has 0 saturated heterocycles. The summed E-state index contributed by atoms with van der Waals surface area (Å²) < 4.78 is 17.5. The van der Waals surface area contributed by atoms with E-state index in [2.05, 4.69) is 0 Å². The fraction of sp³-hybridized carbons (Fsp3) is 0. The average Bonchev–Trinajstić information content (AvgIpc) is 1.54. The molecule has 0 fully saturated rings. The third-order valence-corrected chi connectivity index (χ3v) is 0. The number of hydrogen-bond donors (Lipinski definition) is 7. The van der Waals surface area contributed by atoms with Crippen molar-refractivity contribution in [1.82, 2.24) is 0 Å². The fourth-order valence-corrected chi connectivity index (χ4v) is 0. The average molecular weight is 337 g/mol. The Bertz CT molecular complexity index is 99.3. The van der Waals surface area contributed by atoms with Crippen LogP contribution in [0.5, 0.6) is 0 Å². The molecule has 0 spiro atoms. The number of hydrogen-bond acceptors (Lipinski definition) is 5. The summed E-state index contributed by atoms with van der Waals surface area (Å²) in [5.41, 5.74) is 0. The first kappa shape index (κ1) is 24.0. The van der Waals surface area contributed by atoms with Gasteiger partial charge < -0.3 is 34.3 Å². The molecular weight excluding hydrogens is 328 g/mol. The summed E-state index contributed by atoms with van der Waals surface area (Å²) in [6.45, 7) is 0. The second-order valence-electron chi connectivity index (χ2n) is 0.833. The van der Waals surface area contributed by atoms with Crippen molar-refractivity contribution >= 4 is 25.1 Å². The van der Waals surface area contributed by atoms with Crippen molar-refractivity contribution in [3.05, 3.63) is 0 Å². The molecule has 0 aliphatic rings. The molecule has 0 bridgehead atoms.